The van der Waals surface area contributed by atoms with Gasteiger partial charge in [-0.05, 0) is 49.2 Å². The first kappa shape index (κ1) is 18.3. The fourth-order valence-electron chi connectivity index (χ4n) is 3.40. The highest BCUT2D eigenvalue weighted by Gasteiger charge is 2.24. The Balaban J connectivity index is 1.77. The number of Topliss-reactive ketones (excluding diaryl/α,β-unsaturated/α-hetero) is 1. The molecule has 0 aliphatic heterocycles. The van der Waals surface area contributed by atoms with Crippen LogP contribution >= 0.6 is 11.6 Å². The summed E-state index contributed by atoms with van der Waals surface area (Å²) in [6, 6.07) is 11.4. The second-order valence-electron chi connectivity index (χ2n) is 6.63. The van der Waals surface area contributed by atoms with E-state index in [0.717, 1.165) is 0 Å². The lowest BCUT2D eigenvalue weighted by atomic mass is 9.94. The van der Waals surface area contributed by atoms with Crippen molar-refractivity contribution in [2.24, 2.45) is 0 Å². The zero-order chi connectivity index (χ0) is 19.7. The third-order valence-corrected chi connectivity index (χ3v) is 4.98. The molecule has 142 valence electrons. The third-order valence-electron chi connectivity index (χ3n) is 4.75. The Labute approximate surface area is 165 Å². The van der Waals surface area contributed by atoms with Crippen LogP contribution < -0.4 is 10.9 Å². The van der Waals surface area contributed by atoms with E-state index in [1.165, 1.54) is 23.0 Å². The maximum atomic E-state index is 13.1. The SMILES string of the molecule is O=C(Nc1cc2c(n(Cc3ccco3)c1=O)CCCC2=O)c1cccc(Cl)c1. The largest absolute Gasteiger partial charge is 0.467 e. The van der Waals surface area contributed by atoms with Gasteiger partial charge in [0.15, 0.2) is 5.78 Å². The second-order valence-corrected chi connectivity index (χ2v) is 7.07. The van der Waals surface area contributed by atoms with Crippen LogP contribution in [0.4, 0.5) is 5.69 Å². The molecule has 28 heavy (non-hydrogen) atoms. The summed E-state index contributed by atoms with van der Waals surface area (Å²) in [6.45, 7) is 0.197. The number of fused-ring (bicyclic) bond motifs is 1. The summed E-state index contributed by atoms with van der Waals surface area (Å²) in [5.41, 5.74) is 1.16. The number of hydrogen-bond donors (Lipinski definition) is 1. The molecule has 0 radical (unpaired) electrons. The third kappa shape index (κ3) is 3.51. The van der Waals surface area contributed by atoms with Crippen LogP contribution in [0, 0.1) is 0 Å². The monoisotopic (exact) mass is 396 g/mol. The Morgan fingerprint density at radius 2 is 2.00 bits per heavy atom. The minimum absolute atomic E-state index is 0.0345. The van der Waals surface area contributed by atoms with Gasteiger partial charge in [-0.1, -0.05) is 17.7 Å². The molecule has 7 heteroatoms. The van der Waals surface area contributed by atoms with Crippen LogP contribution in [0.5, 0.6) is 0 Å². The number of pyridine rings is 1. The molecule has 0 saturated heterocycles. The lowest BCUT2D eigenvalue weighted by molar-refractivity contribution is 0.0968. The van der Waals surface area contributed by atoms with Crippen LogP contribution in [0.25, 0.3) is 0 Å². The summed E-state index contributed by atoms with van der Waals surface area (Å²) in [5.74, 6) is 0.0979. The number of hydrogen-bond acceptors (Lipinski definition) is 4. The molecule has 0 saturated carbocycles. The Morgan fingerprint density at radius 3 is 2.75 bits per heavy atom. The highest BCUT2D eigenvalue weighted by Crippen LogP contribution is 2.23. The molecule has 1 aliphatic carbocycles. The Morgan fingerprint density at radius 1 is 1.14 bits per heavy atom. The van der Waals surface area contributed by atoms with Gasteiger partial charge in [0.1, 0.15) is 11.4 Å². The molecule has 0 atom stereocenters. The van der Waals surface area contributed by atoms with Gasteiger partial charge in [0, 0.05) is 28.3 Å². The van der Waals surface area contributed by atoms with Gasteiger partial charge in [-0.3, -0.25) is 14.4 Å². The average Bonchev–Trinajstić information content (AvgIpc) is 3.19. The zero-order valence-corrected chi connectivity index (χ0v) is 15.7. The molecule has 3 aromatic rings. The average molecular weight is 397 g/mol. The molecule has 1 aliphatic rings. The van der Waals surface area contributed by atoms with Gasteiger partial charge in [0.25, 0.3) is 11.5 Å². The molecule has 0 fully saturated rings. The molecule has 0 unspecified atom stereocenters. The Bertz CT molecular complexity index is 1120. The molecule has 2 heterocycles. The molecular formula is C21H17ClN2O4. The van der Waals surface area contributed by atoms with Crippen molar-refractivity contribution in [2.75, 3.05) is 5.32 Å². The first-order valence-electron chi connectivity index (χ1n) is 8.92. The van der Waals surface area contributed by atoms with Crippen LogP contribution in [0.15, 0.2) is 57.9 Å². The van der Waals surface area contributed by atoms with Crippen molar-refractivity contribution in [3.8, 4) is 0 Å². The quantitative estimate of drug-likeness (QED) is 0.724. The predicted octanol–water partition coefficient (Wildman–Crippen LogP) is 3.91. The van der Waals surface area contributed by atoms with Crippen molar-refractivity contribution in [2.45, 2.75) is 25.8 Å². The van der Waals surface area contributed by atoms with E-state index in [4.69, 9.17) is 16.0 Å². The molecule has 1 amide bonds. The lowest BCUT2D eigenvalue weighted by Crippen LogP contribution is -2.32. The number of ketones is 1. The second kappa shape index (κ2) is 7.48. The number of benzene rings is 1. The number of anilines is 1. The molecule has 0 spiro atoms. The highest BCUT2D eigenvalue weighted by atomic mass is 35.5. The summed E-state index contributed by atoms with van der Waals surface area (Å²) in [7, 11) is 0. The predicted molar refractivity (Wildman–Crippen MR) is 105 cm³/mol. The van der Waals surface area contributed by atoms with Gasteiger partial charge in [-0.25, -0.2) is 0 Å². The molecule has 4 rings (SSSR count). The van der Waals surface area contributed by atoms with Gasteiger partial charge in [0.2, 0.25) is 0 Å². The molecule has 0 bridgehead atoms. The summed E-state index contributed by atoms with van der Waals surface area (Å²) >= 11 is 5.94. The van der Waals surface area contributed by atoms with E-state index < -0.39 is 5.91 Å². The van der Waals surface area contributed by atoms with E-state index in [0.29, 0.717) is 46.9 Å². The fraction of sp³-hybridized carbons (Fsp3) is 0.190. The summed E-state index contributed by atoms with van der Waals surface area (Å²) < 4.78 is 6.88. The van der Waals surface area contributed by atoms with Crippen molar-refractivity contribution >= 4 is 29.0 Å². The number of nitrogens with zero attached hydrogens (tertiary/aromatic N) is 1. The zero-order valence-electron chi connectivity index (χ0n) is 14.9. The fourth-order valence-corrected chi connectivity index (χ4v) is 3.59. The number of carbonyl (C=O) groups excluding carboxylic acids is 2. The van der Waals surface area contributed by atoms with Crippen LogP contribution in [0.3, 0.4) is 0 Å². The minimum atomic E-state index is -0.465. The summed E-state index contributed by atoms with van der Waals surface area (Å²) in [4.78, 5) is 38.1. The lowest BCUT2D eigenvalue weighted by Gasteiger charge is -2.21. The molecule has 6 nitrogen and oxygen atoms in total. The van der Waals surface area contributed by atoms with Gasteiger partial charge in [-0.2, -0.15) is 0 Å². The normalized spacial score (nSPS) is 13.2. The van der Waals surface area contributed by atoms with Crippen LogP contribution in [0.2, 0.25) is 5.02 Å². The summed E-state index contributed by atoms with van der Waals surface area (Å²) in [6.07, 6.45) is 3.27. The van der Waals surface area contributed by atoms with E-state index in [2.05, 4.69) is 5.32 Å². The van der Waals surface area contributed by atoms with E-state index >= 15 is 0 Å². The van der Waals surface area contributed by atoms with Gasteiger partial charge in [0.05, 0.1) is 12.8 Å². The highest BCUT2D eigenvalue weighted by molar-refractivity contribution is 6.31. The van der Waals surface area contributed by atoms with Crippen molar-refractivity contribution in [3.63, 3.8) is 0 Å². The number of furan rings is 1. The van der Waals surface area contributed by atoms with Crippen molar-refractivity contribution in [3.05, 3.63) is 86.7 Å². The Hall–Kier alpha value is -3.12. The van der Waals surface area contributed by atoms with E-state index in [-0.39, 0.29) is 23.6 Å². The first-order valence-corrected chi connectivity index (χ1v) is 9.30. The number of carbonyl (C=O) groups is 2. The number of amides is 1. The maximum Gasteiger partial charge on any atom is 0.274 e. The van der Waals surface area contributed by atoms with Crippen molar-refractivity contribution < 1.29 is 14.0 Å². The van der Waals surface area contributed by atoms with Crippen LogP contribution in [-0.4, -0.2) is 16.3 Å². The summed E-state index contributed by atoms with van der Waals surface area (Å²) in [5, 5.41) is 3.05. The van der Waals surface area contributed by atoms with E-state index in [1.54, 1.807) is 30.3 Å². The first-order chi connectivity index (χ1) is 13.5. The number of aromatic nitrogens is 1. The number of rotatable bonds is 4. The van der Waals surface area contributed by atoms with Gasteiger partial charge in [-0.15, -0.1) is 0 Å². The standard InChI is InChI=1S/C21H17ClN2O4/c22-14-5-1-4-13(10-14)20(26)23-17-11-16-18(7-2-8-19(16)25)24(21(17)27)12-15-6-3-9-28-15/h1,3-6,9-11H,2,7-8,12H2,(H,23,26). The smallest absolute Gasteiger partial charge is 0.274 e. The maximum absolute atomic E-state index is 13.1. The molecule has 1 N–H and O–H groups in total. The van der Waals surface area contributed by atoms with E-state index in [1.807, 2.05) is 0 Å². The molecular weight excluding hydrogens is 380 g/mol. The molecule has 1 aromatic carbocycles. The van der Waals surface area contributed by atoms with Crippen LogP contribution in [-0.2, 0) is 13.0 Å². The van der Waals surface area contributed by atoms with E-state index in [9.17, 15) is 14.4 Å². The van der Waals surface area contributed by atoms with Crippen LogP contribution in [0.1, 0.15) is 45.0 Å². The van der Waals surface area contributed by atoms with Crippen molar-refractivity contribution in [1.82, 2.24) is 4.57 Å². The molecule has 2 aromatic heterocycles. The van der Waals surface area contributed by atoms with Gasteiger partial charge >= 0.3 is 0 Å². The minimum Gasteiger partial charge on any atom is -0.467 e. The topological polar surface area (TPSA) is 81.3 Å². The Kier molecular flexibility index (Phi) is 4.88. The van der Waals surface area contributed by atoms with Gasteiger partial charge < -0.3 is 14.3 Å². The number of nitrogens with one attached hydrogen (secondary N) is 1. The number of halogens is 1. The van der Waals surface area contributed by atoms with Crippen molar-refractivity contribution in [1.29, 1.82) is 0 Å².